The van der Waals surface area contributed by atoms with Crippen molar-refractivity contribution in [1.82, 2.24) is 0 Å². The molecular formula is C13H17FO2. The molecule has 2 atom stereocenters. The smallest absolute Gasteiger partial charge is 0.165 e. The Kier molecular flexibility index (Phi) is 2.56. The summed E-state index contributed by atoms with van der Waals surface area (Å²) in [6, 6.07) is 1.38. The molecule has 0 saturated heterocycles. The molecule has 16 heavy (non-hydrogen) atoms. The maximum Gasteiger partial charge on any atom is 0.165 e. The zero-order valence-electron chi connectivity index (χ0n) is 10.0. The van der Waals surface area contributed by atoms with Gasteiger partial charge in [0.1, 0.15) is 11.9 Å². The van der Waals surface area contributed by atoms with Gasteiger partial charge >= 0.3 is 0 Å². The van der Waals surface area contributed by atoms with E-state index in [-0.39, 0.29) is 35.3 Å². The van der Waals surface area contributed by atoms with Crippen LogP contribution >= 0.6 is 0 Å². The first-order valence-electron chi connectivity index (χ1n) is 5.65. The molecule has 2 nitrogen and oxygen atoms in total. The summed E-state index contributed by atoms with van der Waals surface area (Å²) in [6.45, 7) is 7.70. The second-order valence-electron chi connectivity index (χ2n) is 4.81. The van der Waals surface area contributed by atoms with E-state index >= 15 is 0 Å². The fourth-order valence-electron chi connectivity index (χ4n) is 2.17. The van der Waals surface area contributed by atoms with Crippen molar-refractivity contribution in [2.75, 3.05) is 0 Å². The molecule has 2 rings (SSSR count). The molecule has 0 fully saturated rings. The lowest BCUT2D eigenvalue weighted by Crippen LogP contribution is -2.10. The van der Waals surface area contributed by atoms with Crippen LogP contribution in [0, 0.1) is 5.82 Å². The Morgan fingerprint density at radius 3 is 2.56 bits per heavy atom. The van der Waals surface area contributed by atoms with E-state index in [2.05, 4.69) is 0 Å². The Bertz CT molecular complexity index is 426. The average Bonchev–Trinajstić information content (AvgIpc) is 2.50. The van der Waals surface area contributed by atoms with Crippen molar-refractivity contribution in [2.24, 2.45) is 0 Å². The molecule has 2 unspecified atom stereocenters. The lowest BCUT2D eigenvalue weighted by molar-refractivity contribution is 0.224. The number of benzene rings is 1. The van der Waals surface area contributed by atoms with Crippen molar-refractivity contribution >= 4 is 0 Å². The number of halogens is 1. The highest BCUT2D eigenvalue weighted by Crippen LogP contribution is 2.47. The van der Waals surface area contributed by atoms with Gasteiger partial charge < -0.3 is 9.84 Å². The normalized spacial score (nSPS) is 23.4. The van der Waals surface area contributed by atoms with Crippen LogP contribution in [0.5, 0.6) is 11.5 Å². The number of ether oxygens (including phenoxy) is 1. The molecule has 0 aromatic heterocycles. The van der Waals surface area contributed by atoms with Crippen molar-refractivity contribution in [3.8, 4) is 11.5 Å². The molecule has 0 aliphatic carbocycles. The molecule has 0 bridgehead atoms. The van der Waals surface area contributed by atoms with Gasteiger partial charge in [-0.25, -0.2) is 4.39 Å². The summed E-state index contributed by atoms with van der Waals surface area (Å²) in [5.74, 6) is 0.184. The van der Waals surface area contributed by atoms with E-state index in [9.17, 15) is 9.50 Å². The van der Waals surface area contributed by atoms with Gasteiger partial charge in [0.2, 0.25) is 0 Å². The molecule has 0 amide bonds. The maximum absolute atomic E-state index is 13.8. The lowest BCUT2D eigenvalue weighted by Gasteiger charge is -2.13. The first-order valence-corrected chi connectivity index (χ1v) is 5.65. The molecule has 0 radical (unpaired) electrons. The van der Waals surface area contributed by atoms with Crippen LogP contribution in [-0.4, -0.2) is 11.2 Å². The Morgan fingerprint density at radius 2 is 2.00 bits per heavy atom. The number of fused-ring (bicyclic) bond motifs is 1. The van der Waals surface area contributed by atoms with Gasteiger partial charge in [0, 0.05) is 11.5 Å². The van der Waals surface area contributed by atoms with Crippen LogP contribution in [0.1, 0.15) is 50.7 Å². The minimum atomic E-state index is -0.368. The predicted molar refractivity (Wildman–Crippen MR) is 60.7 cm³/mol. The highest BCUT2D eigenvalue weighted by molar-refractivity contribution is 5.55. The first-order chi connectivity index (χ1) is 7.43. The van der Waals surface area contributed by atoms with Gasteiger partial charge in [-0.3, -0.25) is 0 Å². The van der Waals surface area contributed by atoms with Crippen molar-refractivity contribution in [3.05, 3.63) is 23.0 Å². The molecule has 88 valence electrons. The third kappa shape index (κ3) is 1.46. The van der Waals surface area contributed by atoms with E-state index in [1.165, 1.54) is 6.07 Å². The van der Waals surface area contributed by atoms with Gasteiger partial charge in [0.05, 0.1) is 0 Å². The first kappa shape index (κ1) is 11.2. The van der Waals surface area contributed by atoms with E-state index in [1.54, 1.807) is 0 Å². The van der Waals surface area contributed by atoms with E-state index in [4.69, 9.17) is 4.74 Å². The van der Waals surface area contributed by atoms with E-state index in [0.717, 1.165) is 0 Å². The molecule has 0 saturated carbocycles. The van der Waals surface area contributed by atoms with E-state index in [1.807, 2.05) is 27.7 Å². The fourth-order valence-corrected chi connectivity index (χ4v) is 2.17. The van der Waals surface area contributed by atoms with E-state index < -0.39 is 0 Å². The molecule has 1 heterocycles. The predicted octanol–water partition coefficient (Wildman–Crippen LogP) is 3.54. The second-order valence-corrected chi connectivity index (χ2v) is 4.81. The second kappa shape index (κ2) is 3.65. The molecule has 0 spiro atoms. The summed E-state index contributed by atoms with van der Waals surface area (Å²) in [6.07, 6.45) is -0.0854. The largest absolute Gasteiger partial charge is 0.507 e. The summed E-state index contributed by atoms with van der Waals surface area (Å²) in [7, 11) is 0. The van der Waals surface area contributed by atoms with Crippen molar-refractivity contribution in [2.45, 2.75) is 45.6 Å². The quantitative estimate of drug-likeness (QED) is 0.790. The molecule has 1 aliphatic rings. The van der Waals surface area contributed by atoms with Gasteiger partial charge in [0.25, 0.3) is 0 Å². The fraction of sp³-hybridized carbons (Fsp3) is 0.538. The van der Waals surface area contributed by atoms with Crippen LogP contribution in [-0.2, 0) is 0 Å². The number of hydrogen-bond donors (Lipinski definition) is 1. The Labute approximate surface area is 95.1 Å². The Hall–Kier alpha value is -1.25. The summed E-state index contributed by atoms with van der Waals surface area (Å²) >= 11 is 0. The standard InChI is InChI=1S/C13H17FO2/c1-6(2)9-5-10(14)13-11(12(9)15)7(3)8(4)16-13/h5-8,15H,1-4H3. The van der Waals surface area contributed by atoms with E-state index in [0.29, 0.717) is 11.1 Å². The van der Waals surface area contributed by atoms with Gasteiger partial charge in [0.15, 0.2) is 11.6 Å². The third-order valence-electron chi connectivity index (χ3n) is 3.36. The summed E-state index contributed by atoms with van der Waals surface area (Å²) in [5.41, 5.74) is 1.28. The maximum atomic E-state index is 13.8. The number of phenols is 1. The summed E-state index contributed by atoms with van der Waals surface area (Å²) < 4.78 is 19.2. The van der Waals surface area contributed by atoms with Crippen molar-refractivity contribution in [3.63, 3.8) is 0 Å². The number of phenolic OH excluding ortho intramolecular Hbond substituents is 1. The van der Waals surface area contributed by atoms with Gasteiger partial charge in [-0.1, -0.05) is 20.8 Å². The minimum absolute atomic E-state index is 0.0307. The van der Waals surface area contributed by atoms with Gasteiger partial charge in [-0.15, -0.1) is 0 Å². The van der Waals surface area contributed by atoms with Crippen molar-refractivity contribution < 1.29 is 14.2 Å². The van der Waals surface area contributed by atoms with Crippen LogP contribution in [0.2, 0.25) is 0 Å². The number of aromatic hydroxyl groups is 1. The molecule has 3 heteroatoms. The highest BCUT2D eigenvalue weighted by Gasteiger charge is 2.34. The third-order valence-corrected chi connectivity index (χ3v) is 3.36. The summed E-state index contributed by atoms with van der Waals surface area (Å²) in [5, 5.41) is 10.1. The van der Waals surface area contributed by atoms with Gasteiger partial charge in [-0.2, -0.15) is 0 Å². The van der Waals surface area contributed by atoms with Crippen LogP contribution in [0.3, 0.4) is 0 Å². The monoisotopic (exact) mass is 224 g/mol. The highest BCUT2D eigenvalue weighted by atomic mass is 19.1. The zero-order valence-corrected chi connectivity index (χ0v) is 10.0. The Balaban J connectivity index is 2.65. The molecular weight excluding hydrogens is 207 g/mol. The minimum Gasteiger partial charge on any atom is -0.507 e. The Morgan fingerprint density at radius 1 is 1.38 bits per heavy atom. The van der Waals surface area contributed by atoms with Crippen LogP contribution < -0.4 is 4.74 Å². The van der Waals surface area contributed by atoms with Gasteiger partial charge in [-0.05, 0) is 24.5 Å². The molecule has 1 aliphatic heterocycles. The van der Waals surface area contributed by atoms with Crippen molar-refractivity contribution in [1.29, 1.82) is 0 Å². The van der Waals surface area contributed by atoms with Crippen LogP contribution in [0.4, 0.5) is 4.39 Å². The SMILES string of the molecule is CC(C)c1cc(F)c2c(c1O)C(C)C(C)O2. The molecule has 1 aromatic rings. The lowest BCUT2D eigenvalue weighted by atomic mass is 9.91. The number of rotatable bonds is 1. The zero-order chi connectivity index (χ0) is 12.0. The van der Waals surface area contributed by atoms with Crippen LogP contribution in [0.25, 0.3) is 0 Å². The topological polar surface area (TPSA) is 29.5 Å². The molecule has 1 aromatic carbocycles. The number of hydrogen-bond acceptors (Lipinski definition) is 2. The molecule has 1 N–H and O–H groups in total. The average molecular weight is 224 g/mol. The van der Waals surface area contributed by atoms with Crippen LogP contribution in [0.15, 0.2) is 6.07 Å². The summed E-state index contributed by atoms with van der Waals surface area (Å²) in [4.78, 5) is 0.